The zero-order valence-electron chi connectivity index (χ0n) is 18.9. The molecule has 1 saturated carbocycles. The Bertz CT molecular complexity index is 853. The summed E-state index contributed by atoms with van der Waals surface area (Å²) in [7, 11) is 0. The highest BCUT2D eigenvalue weighted by molar-refractivity contribution is 14.0. The van der Waals surface area contributed by atoms with Crippen LogP contribution in [0.3, 0.4) is 0 Å². The minimum Gasteiger partial charge on any atom is -0.357 e. The molecule has 4 atom stereocenters. The average molecular weight is 556 g/mol. The molecule has 2 fully saturated rings. The molecule has 1 aromatic heterocycles. The third-order valence-electron chi connectivity index (χ3n) is 6.35. The number of fused-ring (bicyclic) bond motifs is 5. The topological polar surface area (TPSA) is 113 Å². The van der Waals surface area contributed by atoms with Crippen LogP contribution in [0.1, 0.15) is 51.2 Å². The van der Waals surface area contributed by atoms with Crippen molar-refractivity contribution in [3.05, 3.63) is 23.9 Å². The number of aryl methyl sites for hydroxylation is 1. The van der Waals surface area contributed by atoms with Crippen molar-refractivity contribution < 1.29 is 14.1 Å². The number of amides is 2. The standard InChI is InChI=1S/C22H32N6O3.HI/c1-4-23-22(24-9-5-6-16-26-19(13(2)3)27-31-16)25-10-11-28-20(29)17-14-7-8-15(12-14)18(17)21(28)30;/h7-8,13-15,17-18H,4-6,9-12H2,1-3H3,(H2,23,24,25);1H. The molecule has 4 unspecified atom stereocenters. The summed E-state index contributed by atoms with van der Waals surface area (Å²) >= 11 is 0. The molecule has 1 aliphatic heterocycles. The summed E-state index contributed by atoms with van der Waals surface area (Å²) in [6.07, 6.45) is 6.66. The van der Waals surface area contributed by atoms with Crippen LogP contribution < -0.4 is 10.6 Å². The Morgan fingerprint density at radius 2 is 1.91 bits per heavy atom. The number of allylic oxidation sites excluding steroid dienone is 2. The second-order valence-corrected chi connectivity index (χ2v) is 8.82. The highest BCUT2D eigenvalue weighted by Gasteiger charge is 2.58. The van der Waals surface area contributed by atoms with E-state index >= 15 is 0 Å². The number of hydrogen-bond donors (Lipinski definition) is 2. The number of carbonyl (C=O) groups is 2. The van der Waals surface area contributed by atoms with E-state index in [-0.39, 0.29) is 65.4 Å². The van der Waals surface area contributed by atoms with Gasteiger partial charge in [-0.25, -0.2) is 0 Å². The van der Waals surface area contributed by atoms with Crippen molar-refractivity contribution in [2.24, 2.45) is 28.7 Å². The first kappa shape index (κ1) is 24.7. The van der Waals surface area contributed by atoms with Gasteiger partial charge in [-0.3, -0.25) is 19.5 Å². The van der Waals surface area contributed by atoms with Gasteiger partial charge in [-0.15, -0.1) is 24.0 Å². The Hall–Kier alpha value is -1.98. The zero-order chi connectivity index (χ0) is 22.0. The van der Waals surface area contributed by atoms with E-state index in [0.29, 0.717) is 37.9 Å². The summed E-state index contributed by atoms with van der Waals surface area (Å²) in [4.78, 5) is 35.9. The largest absolute Gasteiger partial charge is 0.357 e. The van der Waals surface area contributed by atoms with E-state index in [1.165, 1.54) is 4.90 Å². The number of nitrogens with zero attached hydrogens (tertiary/aromatic N) is 4. The highest BCUT2D eigenvalue weighted by Crippen LogP contribution is 2.52. The van der Waals surface area contributed by atoms with Crippen molar-refractivity contribution in [2.75, 3.05) is 26.2 Å². The second kappa shape index (κ2) is 10.8. The first-order chi connectivity index (χ1) is 15.0. The Morgan fingerprint density at radius 3 is 2.50 bits per heavy atom. The number of carbonyl (C=O) groups excluding carboxylic acids is 2. The van der Waals surface area contributed by atoms with Gasteiger partial charge in [-0.05, 0) is 31.6 Å². The number of aromatic nitrogens is 2. The van der Waals surface area contributed by atoms with E-state index in [1.54, 1.807) is 0 Å². The molecule has 10 heteroatoms. The predicted molar refractivity (Wildman–Crippen MR) is 131 cm³/mol. The summed E-state index contributed by atoms with van der Waals surface area (Å²) in [6.45, 7) is 8.25. The molecule has 0 spiro atoms. The zero-order valence-corrected chi connectivity index (χ0v) is 21.2. The van der Waals surface area contributed by atoms with Gasteiger partial charge in [0, 0.05) is 38.5 Å². The van der Waals surface area contributed by atoms with Crippen LogP contribution in [0.4, 0.5) is 0 Å². The van der Waals surface area contributed by atoms with Crippen LogP contribution in [-0.4, -0.2) is 59.0 Å². The van der Waals surface area contributed by atoms with Crippen molar-refractivity contribution in [1.29, 1.82) is 0 Å². The lowest BCUT2D eigenvalue weighted by molar-refractivity contribution is -0.140. The fraction of sp³-hybridized carbons (Fsp3) is 0.682. The van der Waals surface area contributed by atoms with Crippen molar-refractivity contribution in [2.45, 2.75) is 46.0 Å². The lowest BCUT2D eigenvalue weighted by Gasteiger charge is -2.18. The van der Waals surface area contributed by atoms with Gasteiger partial charge in [-0.1, -0.05) is 31.2 Å². The van der Waals surface area contributed by atoms with Gasteiger partial charge in [-0.2, -0.15) is 4.98 Å². The molecule has 4 rings (SSSR count). The van der Waals surface area contributed by atoms with E-state index in [1.807, 2.05) is 20.8 Å². The number of hydrogen-bond acceptors (Lipinski definition) is 6. The van der Waals surface area contributed by atoms with Crippen LogP contribution in [0.2, 0.25) is 0 Å². The number of aliphatic imine (C=N–C) groups is 1. The van der Waals surface area contributed by atoms with E-state index in [2.05, 4.69) is 37.9 Å². The van der Waals surface area contributed by atoms with E-state index < -0.39 is 0 Å². The lowest BCUT2D eigenvalue weighted by Crippen LogP contribution is -2.43. The van der Waals surface area contributed by atoms with Gasteiger partial charge in [0.05, 0.1) is 11.8 Å². The minimum absolute atomic E-state index is 0. The fourth-order valence-electron chi connectivity index (χ4n) is 4.84. The molecule has 0 radical (unpaired) electrons. The summed E-state index contributed by atoms with van der Waals surface area (Å²) in [5.74, 6) is 2.52. The van der Waals surface area contributed by atoms with Crippen LogP contribution in [0.15, 0.2) is 21.7 Å². The minimum atomic E-state index is -0.134. The van der Waals surface area contributed by atoms with Crippen molar-refractivity contribution in [3.63, 3.8) is 0 Å². The molecule has 2 bridgehead atoms. The van der Waals surface area contributed by atoms with Crippen LogP contribution in [-0.2, 0) is 16.0 Å². The average Bonchev–Trinajstić information content (AvgIpc) is 3.51. The molecule has 0 aromatic carbocycles. The first-order valence-electron chi connectivity index (χ1n) is 11.4. The molecule has 2 amide bonds. The molecular formula is C22H33IN6O3. The highest BCUT2D eigenvalue weighted by atomic mass is 127. The molecule has 2 heterocycles. The molecule has 2 aliphatic carbocycles. The first-order valence-corrected chi connectivity index (χ1v) is 11.4. The maximum absolute atomic E-state index is 12.8. The number of guanidine groups is 1. The third kappa shape index (κ3) is 4.99. The summed E-state index contributed by atoms with van der Waals surface area (Å²) in [5.41, 5.74) is 0. The van der Waals surface area contributed by atoms with E-state index in [4.69, 9.17) is 4.52 Å². The van der Waals surface area contributed by atoms with Crippen LogP contribution in [0.5, 0.6) is 0 Å². The van der Waals surface area contributed by atoms with Crippen LogP contribution in [0, 0.1) is 23.7 Å². The number of nitrogens with one attached hydrogen (secondary N) is 2. The van der Waals surface area contributed by atoms with Crippen LogP contribution in [0.25, 0.3) is 0 Å². The summed E-state index contributed by atoms with van der Waals surface area (Å²) < 4.78 is 5.26. The quantitative estimate of drug-likeness (QED) is 0.120. The molecule has 3 aliphatic rings. The molecule has 2 N–H and O–H groups in total. The number of imide groups is 1. The number of halogens is 1. The summed E-state index contributed by atoms with van der Waals surface area (Å²) in [6, 6.07) is 0. The molecule has 1 saturated heterocycles. The van der Waals surface area contributed by atoms with Gasteiger partial charge in [0.15, 0.2) is 11.8 Å². The Kier molecular flexibility index (Phi) is 8.29. The van der Waals surface area contributed by atoms with Gasteiger partial charge < -0.3 is 15.2 Å². The van der Waals surface area contributed by atoms with E-state index in [9.17, 15) is 9.59 Å². The molecule has 1 aromatic rings. The normalized spacial score (nSPS) is 26.1. The molecule has 176 valence electrons. The van der Waals surface area contributed by atoms with Gasteiger partial charge in [0.2, 0.25) is 17.7 Å². The Balaban J connectivity index is 0.00000289. The van der Waals surface area contributed by atoms with Gasteiger partial charge >= 0.3 is 0 Å². The number of likely N-dealkylation sites (tertiary alicyclic amines) is 1. The maximum Gasteiger partial charge on any atom is 0.233 e. The van der Waals surface area contributed by atoms with Crippen molar-refractivity contribution >= 4 is 41.8 Å². The maximum atomic E-state index is 12.8. The molecule has 9 nitrogen and oxygen atoms in total. The molecular weight excluding hydrogens is 523 g/mol. The molecule has 32 heavy (non-hydrogen) atoms. The van der Waals surface area contributed by atoms with Gasteiger partial charge in [0.1, 0.15) is 0 Å². The van der Waals surface area contributed by atoms with Crippen LogP contribution >= 0.6 is 24.0 Å². The second-order valence-electron chi connectivity index (χ2n) is 8.82. The summed E-state index contributed by atoms with van der Waals surface area (Å²) in [5, 5.41) is 10.4. The smallest absolute Gasteiger partial charge is 0.233 e. The third-order valence-corrected chi connectivity index (χ3v) is 6.35. The van der Waals surface area contributed by atoms with E-state index in [0.717, 1.165) is 25.2 Å². The monoisotopic (exact) mass is 556 g/mol. The number of rotatable bonds is 9. The predicted octanol–water partition coefficient (Wildman–Crippen LogP) is 2.11. The van der Waals surface area contributed by atoms with Crippen molar-refractivity contribution in [1.82, 2.24) is 25.7 Å². The van der Waals surface area contributed by atoms with Gasteiger partial charge in [0.25, 0.3) is 0 Å². The SMILES string of the molecule is CCNC(=NCCCc1nc(C(C)C)no1)NCCN1C(=O)C2C3C=CC(C3)C2C1=O.I. The Labute approximate surface area is 205 Å². The van der Waals surface area contributed by atoms with Crippen molar-refractivity contribution in [3.8, 4) is 0 Å². The Morgan fingerprint density at radius 1 is 1.22 bits per heavy atom. The lowest BCUT2D eigenvalue weighted by atomic mass is 9.85. The fourth-order valence-corrected chi connectivity index (χ4v) is 4.84.